The zero-order chi connectivity index (χ0) is 21.5. The van der Waals surface area contributed by atoms with Crippen LogP contribution in [0.25, 0.3) is 5.70 Å². The fraction of sp³-hybridized carbons (Fsp3) is 0.259. The molecule has 32 heavy (non-hydrogen) atoms. The molecule has 5 heteroatoms. The zero-order valence-corrected chi connectivity index (χ0v) is 19.5. The van der Waals surface area contributed by atoms with Crippen LogP contribution >= 0.6 is 15.9 Å². The van der Waals surface area contributed by atoms with Crippen LogP contribution in [0.3, 0.4) is 0 Å². The van der Waals surface area contributed by atoms with Crippen molar-refractivity contribution < 1.29 is 9.64 Å². The molecule has 3 aliphatic rings. The minimum absolute atomic E-state index is 0.155. The molecule has 3 aliphatic heterocycles. The van der Waals surface area contributed by atoms with Gasteiger partial charge in [0.1, 0.15) is 12.3 Å². The van der Waals surface area contributed by atoms with E-state index >= 15 is 0 Å². The Morgan fingerprint density at radius 3 is 2.44 bits per heavy atom. The Labute approximate surface area is 197 Å². The number of fused-ring (bicyclic) bond motifs is 4. The molecule has 0 bridgehead atoms. The third-order valence-electron chi connectivity index (χ3n) is 6.99. The van der Waals surface area contributed by atoms with Gasteiger partial charge in [0.2, 0.25) is 0 Å². The van der Waals surface area contributed by atoms with Crippen molar-refractivity contribution in [3.8, 4) is 5.75 Å². The smallest absolute Gasteiger partial charge is 0.191 e. The first kappa shape index (κ1) is 20.0. The van der Waals surface area contributed by atoms with E-state index in [-0.39, 0.29) is 11.8 Å². The van der Waals surface area contributed by atoms with Crippen LogP contribution in [0, 0.1) is 0 Å². The molecule has 0 amide bonds. The van der Waals surface area contributed by atoms with E-state index in [0.717, 1.165) is 48.4 Å². The van der Waals surface area contributed by atoms with Gasteiger partial charge in [0.05, 0.1) is 37.7 Å². The van der Waals surface area contributed by atoms with Crippen molar-refractivity contribution in [3.05, 3.63) is 106 Å². The largest absolute Gasteiger partial charge is 0.470 e. The number of ether oxygens (including phenoxy) is 1. The molecule has 1 saturated heterocycles. The molecule has 2 N–H and O–H groups in total. The summed E-state index contributed by atoms with van der Waals surface area (Å²) in [5.41, 5.74) is 8.39. The molecule has 0 aliphatic carbocycles. The van der Waals surface area contributed by atoms with E-state index in [1.807, 2.05) is 0 Å². The number of nitrogens with zero attached hydrogens (tertiary/aromatic N) is 1. The van der Waals surface area contributed by atoms with Crippen LogP contribution in [-0.2, 0) is 6.54 Å². The van der Waals surface area contributed by atoms with E-state index in [4.69, 9.17) is 4.74 Å². The van der Waals surface area contributed by atoms with E-state index in [1.54, 1.807) is 4.90 Å². The van der Waals surface area contributed by atoms with Crippen LogP contribution in [0.5, 0.6) is 5.75 Å². The van der Waals surface area contributed by atoms with Crippen molar-refractivity contribution >= 4 is 21.6 Å². The van der Waals surface area contributed by atoms with Crippen molar-refractivity contribution in [2.24, 2.45) is 0 Å². The quantitative estimate of drug-likeness (QED) is 0.575. The van der Waals surface area contributed by atoms with Gasteiger partial charge >= 0.3 is 0 Å². The second-order valence-electron chi connectivity index (χ2n) is 9.02. The van der Waals surface area contributed by atoms with E-state index < -0.39 is 0 Å². The molecular formula is C27H27BrN3O+. The average Bonchev–Trinajstić information content (AvgIpc) is 3.30. The Kier molecular flexibility index (Phi) is 5.05. The number of quaternary nitrogens is 1. The molecular weight excluding hydrogens is 462 g/mol. The van der Waals surface area contributed by atoms with Crippen LogP contribution < -0.4 is 15.1 Å². The van der Waals surface area contributed by atoms with E-state index in [2.05, 4.69) is 111 Å². The van der Waals surface area contributed by atoms with Gasteiger partial charge in [-0.3, -0.25) is 0 Å². The Bertz CT molecular complexity index is 1140. The summed E-state index contributed by atoms with van der Waals surface area (Å²) in [6.07, 6.45) is 4.34. The lowest BCUT2D eigenvalue weighted by atomic mass is 9.92. The molecule has 1 atom stereocenters. The Morgan fingerprint density at radius 1 is 0.969 bits per heavy atom. The molecule has 0 aromatic heterocycles. The average molecular weight is 489 g/mol. The maximum Gasteiger partial charge on any atom is 0.191 e. The highest BCUT2D eigenvalue weighted by atomic mass is 79.9. The van der Waals surface area contributed by atoms with E-state index in [1.165, 1.54) is 16.7 Å². The number of likely N-dealkylation sites (tertiary alicyclic amines) is 1. The number of hydrogen-bond acceptors (Lipinski definition) is 3. The summed E-state index contributed by atoms with van der Waals surface area (Å²) < 4.78 is 7.89. The molecule has 3 heterocycles. The van der Waals surface area contributed by atoms with Gasteiger partial charge in [-0.2, -0.15) is 5.01 Å². The van der Waals surface area contributed by atoms with Gasteiger partial charge in [-0.05, 0) is 29.8 Å². The summed E-state index contributed by atoms with van der Waals surface area (Å²) in [6, 6.07) is 28.0. The fourth-order valence-electron chi connectivity index (χ4n) is 5.33. The molecule has 4 nitrogen and oxygen atoms in total. The van der Waals surface area contributed by atoms with Gasteiger partial charge in [0, 0.05) is 15.6 Å². The molecule has 0 radical (unpaired) electrons. The van der Waals surface area contributed by atoms with Gasteiger partial charge in [0.25, 0.3) is 0 Å². The van der Waals surface area contributed by atoms with Crippen molar-refractivity contribution in [1.82, 2.24) is 10.4 Å². The number of hydrogen-bond donors (Lipinski definition) is 2. The van der Waals surface area contributed by atoms with Gasteiger partial charge < -0.3 is 15.1 Å². The van der Waals surface area contributed by atoms with Crippen molar-refractivity contribution in [2.75, 3.05) is 13.1 Å². The highest BCUT2D eigenvalue weighted by Crippen LogP contribution is 2.48. The minimum atomic E-state index is -0.335. The second kappa shape index (κ2) is 8.07. The molecule has 3 aromatic carbocycles. The molecule has 6 rings (SSSR count). The van der Waals surface area contributed by atoms with Gasteiger partial charge in [0.15, 0.2) is 5.72 Å². The summed E-state index contributed by atoms with van der Waals surface area (Å²) in [6.45, 7) is 3.25. The maximum atomic E-state index is 6.81. The molecule has 1 unspecified atom stereocenters. The molecule has 1 spiro atoms. The summed E-state index contributed by atoms with van der Waals surface area (Å²) in [4.78, 5) is 1.62. The summed E-state index contributed by atoms with van der Waals surface area (Å²) in [7, 11) is 0. The normalized spacial score (nSPS) is 26.6. The van der Waals surface area contributed by atoms with Gasteiger partial charge in [-0.1, -0.05) is 76.6 Å². The highest BCUT2D eigenvalue weighted by Gasteiger charge is 2.52. The van der Waals surface area contributed by atoms with Crippen LogP contribution in [-0.4, -0.2) is 23.8 Å². The molecule has 162 valence electrons. The number of hydrazine groups is 1. The second-order valence-corrected chi connectivity index (χ2v) is 9.93. The first-order valence-corrected chi connectivity index (χ1v) is 12.2. The lowest BCUT2D eigenvalue weighted by Crippen LogP contribution is -3.12. The van der Waals surface area contributed by atoms with Crippen molar-refractivity contribution in [3.63, 3.8) is 0 Å². The SMILES string of the molecule is Brc1ccc2c(c1)C1C=C(c3ccccc3)NN1C1(CC[NH+](Cc3ccccc3)CC1)O2. The van der Waals surface area contributed by atoms with Crippen LogP contribution in [0.15, 0.2) is 89.4 Å². The summed E-state index contributed by atoms with van der Waals surface area (Å²) in [5.74, 6) is 1.01. The van der Waals surface area contributed by atoms with Crippen molar-refractivity contribution in [2.45, 2.75) is 31.2 Å². The number of rotatable bonds is 3. The lowest BCUT2D eigenvalue weighted by molar-refractivity contribution is -0.921. The zero-order valence-electron chi connectivity index (χ0n) is 17.9. The predicted octanol–water partition coefficient (Wildman–Crippen LogP) is 4.32. The Morgan fingerprint density at radius 2 is 1.69 bits per heavy atom. The lowest BCUT2D eigenvalue weighted by Gasteiger charge is -2.50. The van der Waals surface area contributed by atoms with E-state index in [9.17, 15) is 0 Å². The minimum Gasteiger partial charge on any atom is -0.470 e. The fourth-order valence-corrected chi connectivity index (χ4v) is 5.71. The van der Waals surface area contributed by atoms with Gasteiger partial charge in [-0.15, -0.1) is 0 Å². The number of piperidine rings is 1. The molecule has 0 saturated carbocycles. The molecule has 3 aromatic rings. The number of benzene rings is 3. The van der Waals surface area contributed by atoms with E-state index in [0.29, 0.717) is 0 Å². The highest BCUT2D eigenvalue weighted by molar-refractivity contribution is 9.10. The third-order valence-corrected chi connectivity index (χ3v) is 7.49. The summed E-state index contributed by atoms with van der Waals surface area (Å²) in [5, 5.41) is 2.38. The standard InChI is InChI=1S/C27H26BrN3O/c28-22-11-12-26-23(17-22)25-18-24(21-9-5-2-6-10-21)29-31(25)27(32-26)13-15-30(16-14-27)19-20-7-3-1-4-8-20/h1-12,17-18,25,29H,13-16,19H2/p+1. The van der Waals surface area contributed by atoms with Gasteiger partial charge in [-0.25, -0.2) is 0 Å². The first-order valence-electron chi connectivity index (χ1n) is 11.4. The van der Waals surface area contributed by atoms with Crippen molar-refractivity contribution in [1.29, 1.82) is 0 Å². The third kappa shape index (κ3) is 3.54. The van der Waals surface area contributed by atoms with Crippen LogP contribution in [0.1, 0.15) is 35.6 Å². The Hall–Kier alpha value is -2.60. The van der Waals surface area contributed by atoms with Crippen LogP contribution in [0.2, 0.25) is 0 Å². The monoisotopic (exact) mass is 488 g/mol. The first-order chi connectivity index (χ1) is 15.7. The van der Waals surface area contributed by atoms with Crippen LogP contribution in [0.4, 0.5) is 0 Å². The number of nitrogens with one attached hydrogen (secondary N) is 2. The molecule has 1 fully saturated rings. The topological polar surface area (TPSA) is 28.9 Å². The predicted molar refractivity (Wildman–Crippen MR) is 130 cm³/mol. The number of halogens is 1. The maximum absolute atomic E-state index is 6.81. The summed E-state index contributed by atoms with van der Waals surface area (Å²) >= 11 is 3.66. The Balaban J connectivity index is 1.30.